The SMILES string of the molecule is O=C(NC1CCCCC1)NC(c1ccc(Cl)cc1Cl)C1C=C(c2ccc(Cl)cc2)NN1. The van der Waals surface area contributed by atoms with Crippen molar-refractivity contribution in [2.75, 3.05) is 0 Å². The van der Waals surface area contributed by atoms with Crippen molar-refractivity contribution in [3.63, 3.8) is 0 Å². The van der Waals surface area contributed by atoms with Crippen LogP contribution in [0.25, 0.3) is 5.70 Å². The smallest absolute Gasteiger partial charge is 0.315 e. The lowest BCUT2D eigenvalue weighted by molar-refractivity contribution is 0.226. The summed E-state index contributed by atoms with van der Waals surface area (Å²) < 4.78 is 0. The van der Waals surface area contributed by atoms with Crippen LogP contribution in [0, 0.1) is 0 Å². The van der Waals surface area contributed by atoms with E-state index in [9.17, 15) is 4.79 Å². The third-order valence-corrected chi connectivity index (χ3v) is 6.57. The van der Waals surface area contributed by atoms with Gasteiger partial charge in [-0.3, -0.25) is 0 Å². The summed E-state index contributed by atoms with van der Waals surface area (Å²) in [6.45, 7) is 0. The number of hydrazine groups is 1. The van der Waals surface area contributed by atoms with Gasteiger partial charge in [0.15, 0.2) is 0 Å². The lowest BCUT2D eigenvalue weighted by Gasteiger charge is -2.28. The minimum Gasteiger partial charge on any atom is -0.335 e. The molecule has 164 valence electrons. The molecule has 8 heteroatoms. The molecule has 2 aromatic rings. The number of rotatable bonds is 5. The lowest BCUT2D eigenvalue weighted by atomic mass is 9.95. The van der Waals surface area contributed by atoms with Crippen molar-refractivity contribution in [2.24, 2.45) is 0 Å². The quantitative estimate of drug-likeness (QED) is 0.436. The van der Waals surface area contributed by atoms with Crippen LogP contribution in [0.5, 0.6) is 0 Å². The first-order chi connectivity index (χ1) is 15.0. The standard InChI is InChI=1S/C23H25Cl3N4O/c24-15-8-6-14(7-9-15)20-13-21(30-29-20)22(18-11-10-16(25)12-19(18)26)28-23(31)27-17-4-2-1-3-5-17/h6-13,17,21-22,29-30H,1-5H2,(H2,27,28,31). The van der Waals surface area contributed by atoms with Crippen molar-refractivity contribution in [3.05, 3.63) is 74.7 Å². The van der Waals surface area contributed by atoms with Crippen molar-refractivity contribution >= 4 is 46.5 Å². The van der Waals surface area contributed by atoms with Crippen LogP contribution < -0.4 is 21.5 Å². The third-order valence-electron chi connectivity index (χ3n) is 5.76. The summed E-state index contributed by atoms with van der Waals surface area (Å²) in [5.41, 5.74) is 9.16. The van der Waals surface area contributed by atoms with Crippen molar-refractivity contribution in [3.8, 4) is 0 Å². The molecule has 5 nitrogen and oxygen atoms in total. The first-order valence-corrected chi connectivity index (χ1v) is 11.6. The van der Waals surface area contributed by atoms with Crippen LogP contribution in [-0.4, -0.2) is 18.1 Å². The van der Waals surface area contributed by atoms with Crippen LogP contribution in [0.4, 0.5) is 4.79 Å². The fourth-order valence-corrected chi connectivity index (χ4v) is 4.78. The van der Waals surface area contributed by atoms with E-state index in [1.165, 1.54) is 6.42 Å². The van der Waals surface area contributed by atoms with E-state index in [2.05, 4.69) is 21.5 Å². The largest absolute Gasteiger partial charge is 0.335 e. The Labute approximate surface area is 197 Å². The highest BCUT2D eigenvalue weighted by atomic mass is 35.5. The average molecular weight is 480 g/mol. The van der Waals surface area contributed by atoms with Gasteiger partial charge in [0.25, 0.3) is 0 Å². The van der Waals surface area contributed by atoms with Crippen LogP contribution in [0.15, 0.2) is 48.5 Å². The number of hydrogen-bond donors (Lipinski definition) is 4. The number of hydrogen-bond acceptors (Lipinski definition) is 3. The number of carbonyl (C=O) groups excluding carboxylic acids is 1. The molecular formula is C23H25Cl3N4O. The Morgan fingerprint density at radius 2 is 1.68 bits per heavy atom. The Balaban J connectivity index is 1.56. The van der Waals surface area contributed by atoms with E-state index in [1.807, 2.05) is 36.4 Å². The van der Waals surface area contributed by atoms with Gasteiger partial charge in [-0.2, -0.15) is 0 Å². The van der Waals surface area contributed by atoms with Crippen LogP contribution in [0.3, 0.4) is 0 Å². The molecule has 2 atom stereocenters. The highest BCUT2D eigenvalue weighted by Crippen LogP contribution is 2.31. The molecule has 1 aliphatic carbocycles. The second-order valence-electron chi connectivity index (χ2n) is 7.98. The van der Waals surface area contributed by atoms with Gasteiger partial charge in [-0.05, 0) is 54.3 Å². The zero-order valence-corrected chi connectivity index (χ0v) is 19.2. The van der Waals surface area contributed by atoms with E-state index in [0.717, 1.165) is 42.5 Å². The Hall–Kier alpha value is -1.92. The number of nitrogens with one attached hydrogen (secondary N) is 4. The molecule has 2 amide bonds. The van der Waals surface area contributed by atoms with Gasteiger partial charge in [0.2, 0.25) is 0 Å². The minimum atomic E-state index is -0.398. The highest BCUT2D eigenvalue weighted by Gasteiger charge is 2.30. The minimum absolute atomic E-state index is 0.196. The number of benzene rings is 2. The molecule has 31 heavy (non-hydrogen) atoms. The fraction of sp³-hybridized carbons (Fsp3) is 0.348. The Kier molecular flexibility index (Phi) is 7.28. The fourth-order valence-electron chi connectivity index (χ4n) is 4.13. The molecule has 4 N–H and O–H groups in total. The molecule has 0 spiro atoms. The lowest BCUT2D eigenvalue weighted by Crippen LogP contribution is -2.49. The summed E-state index contributed by atoms with van der Waals surface area (Å²) in [6, 6.07) is 12.3. The summed E-state index contributed by atoms with van der Waals surface area (Å²) in [4.78, 5) is 12.8. The van der Waals surface area contributed by atoms with Crippen LogP contribution in [-0.2, 0) is 0 Å². The zero-order chi connectivity index (χ0) is 21.8. The summed E-state index contributed by atoms with van der Waals surface area (Å²) >= 11 is 18.6. The molecule has 2 aliphatic rings. The summed E-state index contributed by atoms with van der Waals surface area (Å²) in [5.74, 6) is 0. The molecule has 1 heterocycles. The first kappa shape index (κ1) is 22.3. The van der Waals surface area contributed by atoms with Gasteiger partial charge >= 0.3 is 6.03 Å². The molecule has 0 saturated heterocycles. The first-order valence-electron chi connectivity index (χ1n) is 10.5. The molecular weight excluding hydrogens is 455 g/mol. The van der Waals surface area contributed by atoms with Crippen LogP contribution in [0.1, 0.15) is 49.3 Å². The predicted molar refractivity (Wildman–Crippen MR) is 127 cm³/mol. The van der Waals surface area contributed by atoms with Gasteiger partial charge in [-0.1, -0.05) is 72.3 Å². The van der Waals surface area contributed by atoms with Gasteiger partial charge in [0.1, 0.15) is 0 Å². The summed E-state index contributed by atoms with van der Waals surface area (Å²) in [7, 11) is 0. The maximum Gasteiger partial charge on any atom is 0.315 e. The maximum atomic E-state index is 12.8. The topological polar surface area (TPSA) is 65.2 Å². The molecule has 2 unspecified atom stereocenters. The number of amides is 2. The van der Waals surface area contributed by atoms with Crippen molar-refractivity contribution in [2.45, 2.75) is 50.2 Å². The van der Waals surface area contributed by atoms with E-state index < -0.39 is 6.04 Å². The zero-order valence-electron chi connectivity index (χ0n) is 16.9. The Bertz CT molecular complexity index is 958. The van der Waals surface area contributed by atoms with Gasteiger partial charge in [-0.25, -0.2) is 10.2 Å². The monoisotopic (exact) mass is 478 g/mol. The molecule has 0 bridgehead atoms. The van der Waals surface area contributed by atoms with Crippen molar-refractivity contribution in [1.82, 2.24) is 21.5 Å². The predicted octanol–water partition coefficient (Wildman–Crippen LogP) is 5.84. The Morgan fingerprint density at radius 1 is 0.968 bits per heavy atom. The second-order valence-corrected chi connectivity index (χ2v) is 9.26. The van der Waals surface area contributed by atoms with E-state index in [-0.39, 0.29) is 18.1 Å². The number of urea groups is 1. The highest BCUT2D eigenvalue weighted by molar-refractivity contribution is 6.35. The molecule has 1 saturated carbocycles. The number of halogens is 3. The van der Waals surface area contributed by atoms with Gasteiger partial charge < -0.3 is 16.1 Å². The molecule has 4 rings (SSSR count). The van der Waals surface area contributed by atoms with E-state index in [0.29, 0.717) is 15.1 Å². The maximum absolute atomic E-state index is 12.8. The average Bonchev–Trinajstić information content (AvgIpc) is 3.24. The number of carbonyl (C=O) groups is 1. The van der Waals surface area contributed by atoms with Crippen LogP contribution in [0.2, 0.25) is 15.1 Å². The van der Waals surface area contributed by atoms with Gasteiger partial charge in [0, 0.05) is 21.1 Å². The van der Waals surface area contributed by atoms with E-state index in [1.54, 1.807) is 12.1 Å². The molecule has 0 aromatic heterocycles. The molecule has 0 radical (unpaired) electrons. The van der Waals surface area contributed by atoms with Gasteiger partial charge in [0.05, 0.1) is 17.8 Å². The van der Waals surface area contributed by atoms with E-state index >= 15 is 0 Å². The molecule has 1 aliphatic heterocycles. The molecule has 1 fully saturated rings. The Morgan fingerprint density at radius 3 is 2.39 bits per heavy atom. The molecule has 2 aromatic carbocycles. The van der Waals surface area contributed by atoms with Crippen molar-refractivity contribution < 1.29 is 4.79 Å². The normalized spacial score (nSPS) is 20.0. The van der Waals surface area contributed by atoms with Crippen LogP contribution >= 0.6 is 34.8 Å². The van der Waals surface area contributed by atoms with Gasteiger partial charge in [-0.15, -0.1) is 0 Å². The summed E-state index contributed by atoms with van der Waals surface area (Å²) in [5, 5.41) is 7.97. The van der Waals surface area contributed by atoms with Crippen molar-refractivity contribution in [1.29, 1.82) is 0 Å². The second kappa shape index (κ2) is 10.1. The third kappa shape index (κ3) is 5.66. The summed E-state index contributed by atoms with van der Waals surface area (Å²) in [6.07, 6.45) is 7.61. The van der Waals surface area contributed by atoms with E-state index in [4.69, 9.17) is 34.8 Å².